The first-order valence-corrected chi connectivity index (χ1v) is 6.20. The minimum Gasteiger partial charge on any atom is -0.373 e. The summed E-state index contributed by atoms with van der Waals surface area (Å²) in [5, 5.41) is 0. The Morgan fingerprint density at radius 3 is 1.67 bits per heavy atom. The summed E-state index contributed by atoms with van der Waals surface area (Å²) in [5.74, 6) is 0.696. The second-order valence-corrected chi connectivity index (χ2v) is 7.05. The van der Waals surface area contributed by atoms with E-state index >= 15 is 0 Å². The molecule has 0 saturated carbocycles. The van der Waals surface area contributed by atoms with Crippen LogP contribution in [0.4, 0.5) is 0 Å². The molecule has 1 heteroatoms. The van der Waals surface area contributed by atoms with Gasteiger partial charge < -0.3 is 4.74 Å². The molecule has 0 aliphatic carbocycles. The van der Waals surface area contributed by atoms with Crippen molar-refractivity contribution in [1.29, 1.82) is 0 Å². The highest BCUT2D eigenvalue weighted by molar-refractivity contribution is 4.74. The molecule has 0 aromatic carbocycles. The van der Waals surface area contributed by atoms with E-state index in [4.69, 9.17) is 4.74 Å². The molecule has 0 heterocycles. The third-order valence-corrected chi connectivity index (χ3v) is 2.32. The Hall–Kier alpha value is -0.0400. The first-order chi connectivity index (χ1) is 6.52. The molecule has 0 aromatic heterocycles. The van der Waals surface area contributed by atoms with Crippen LogP contribution in [0.5, 0.6) is 0 Å². The molecular formula is C14H30O. The summed E-state index contributed by atoms with van der Waals surface area (Å²) in [7, 11) is 0. The lowest BCUT2D eigenvalue weighted by Gasteiger charge is -2.33. The van der Waals surface area contributed by atoms with Crippen molar-refractivity contribution in [3.63, 3.8) is 0 Å². The third-order valence-electron chi connectivity index (χ3n) is 2.32. The second-order valence-electron chi connectivity index (χ2n) is 7.05. The lowest BCUT2D eigenvalue weighted by Crippen LogP contribution is -2.32. The van der Waals surface area contributed by atoms with Crippen LogP contribution >= 0.6 is 0 Å². The topological polar surface area (TPSA) is 9.23 Å². The van der Waals surface area contributed by atoms with E-state index in [0.29, 0.717) is 17.4 Å². The maximum atomic E-state index is 6.12. The first kappa shape index (κ1) is 15.0. The fraction of sp³-hybridized carbons (Fsp3) is 1.00. The van der Waals surface area contributed by atoms with E-state index in [2.05, 4.69) is 55.4 Å². The maximum Gasteiger partial charge on any atom is 0.0632 e. The first-order valence-electron chi connectivity index (χ1n) is 6.20. The summed E-state index contributed by atoms with van der Waals surface area (Å²) < 4.78 is 6.12. The Morgan fingerprint density at radius 2 is 1.33 bits per heavy atom. The van der Waals surface area contributed by atoms with Crippen molar-refractivity contribution in [3.05, 3.63) is 0 Å². The summed E-state index contributed by atoms with van der Waals surface area (Å²) >= 11 is 0. The van der Waals surface area contributed by atoms with E-state index in [0.717, 1.165) is 12.8 Å². The quantitative estimate of drug-likeness (QED) is 0.647. The Balaban J connectivity index is 4.10. The van der Waals surface area contributed by atoms with Crippen LogP contribution in [0.2, 0.25) is 0 Å². The fourth-order valence-electron chi connectivity index (χ4n) is 2.48. The molecule has 15 heavy (non-hydrogen) atoms. The molecule has 1 nitrogen and oxygen atoms in total. The fourth-order valence-corrected chi connectivity index (χ4v) is 2.48. The molecule has 0 aliphatic rings. The average Bonchev–Trinajstić information content (AvgIpc) is 1.73. The Kier molecular flexibility index (Phi) is 5.32. The summed E-state index contributed by atoms with van der Waals surface area (Å²) in [5.41, 5.74) is 0.367. The molecule has 0 aliphatic heterocycles. The van der Waals surface area contributed by atoms with Gasteiger partial charge in [-0.05, 0) is 44.9 Å². The molecule has 0 aromatic rings. The smallest absolute Gasteiger partial charge is 0.0632 e. The van der Waals surface area contributed by atoms with Gasteiger partial charge in [0, 0.05) is 0 Å². The Bertz CT molecular complexity index is 174. The van der Waals surface area contributed by atoms with E-state index < -0.39 is 0 Å². The van der Waals surface area contributed by atoms with Crippen LogP contribution in [-0.4, -0.2) is 11.7 Å². The van der Waals surface area contributed by atoms with E-state index in [9.17, 15) is 0 Å². The van der Waals surface area contributed by atoms with Gasteiger partial charge in [0.1, 0.15) is 0 Å². The van der Waals surface area contributed by atoms with Crippen LogP contribution < -0.4 is 0 Å². The molecule has 1 atom stereocenters. The van der Waals surface area contributed by atoms with Gasteiger partial charge in [-0.25, -0.2) is 0 Å². The zero-order chi connectivity index (χ0) is 12.3. The molecule has 0 radical (unpaired) electrons. The number of hydrogen-bond donors (Lipinski definition) is 0. The monoisotopic (exact) mass is 214 g/mol. The number of rotatable bonds is 5. The molecule has 0 bridgehead atoms. The molecule has 0 spiro atoms. The minimum atomic E-state index is 0.0127. The van der Waals surface area contributed by atoms with Crippen LogP contribution in [0, 0.1) is 11.3 Å². The van der Waals surface area contributed by atoms with Gasteiger partial charge in [-0.2, -0.15) is 0 Å². The van der Waals surface area contributed by atoms with E-state index in [-0.39, 0.29) is 5.60 Å². The van der Waals surface area contributed by atoms with Crippen molar-refractivity contribution in [2.24, 2.45) is 11.3 Å². The molecule has 0 N–H and O–H groups in total. The van der Waals surface area contributed by atoms with Gasteiger partial charge in [-0.15, -0.1) is 0 Å². The summed E-state index contributed by atoms with van der Waals surface area (Å²) in [6.45, 7) is 17.9. The lowest BCUT2D eigenvalue weighted by atomic mass is 9.89. The van der Waals surface area contributed by atoms with Crippen LogP contribution in [-0.2, 0) is 4.74 Å². The Morgan fingerprint density at radius 1 is 0.867 bits per heavy atom. The van der Waals surface area contributed by atoms with Crippen molar-refractivity contribution >= 4 is 0 Å². The maximum absolute atomic E-state index is 6.12. The zero-order valence-corrected chi connectivity index (χ0v) is 12.0. The van der Waals surface area contributed by atoms with Crippen molar-refractivity contribution in [2.75, 3.05) is 0 Å². The van der Waals surface area contributed by atoms with E-state index in [1.807, 2.05) is 0 Å². The molecule has 1 unspecified atom stereocenters. The average molecular weight is 214 g/mol. The van der Waals surface area contributed by atoms with Gasteiger partial charge in [-0.1, -0.05) is 34.6 Å². The standard InChI is InChI=1S/C14H30O/c1-11(2)9-14(7,8)15-12(3)10-13(4,5)6/h11-12H,9-10H2,1-8H3. The largest absolute Gasteiger partial charge is 0.373 e. The third kappa shape index (κ3) is 8.92. The minimum absolute atomic E-state index is 0.0127. The number of ether oxygens (including phenoxy) is 1. The van der Waals surface area contributed by atoms with Gasteiger partial charge in [0.25, 0.3) is 0 Å². The molecular weight excluding hydrogens is 184 g/mol. The Labute approximate surface area is 96.6 Å². The SMILES string of the molecule is CC(C)CC(C)(C)OC(C)CC(C)(C)C. The van der Waals surface area contributed by atoms with Gasteiger partial charge in [0.05, 0.1) is 11.7 Å². The second kappa shape index (κ2) is 5.34. The van der Waals surface area contributed by atoms with Crippen molar-refractivity contribution < 1.29 is 4.74 Å². The van der Waals surface area contributed by atoms with Crippen molar-refractivity contribution in [1.82, 2.24) is 0 Å². The van der Waals surface area contributed by atoms with Crippen LogP contribution in [0.3, 0.4) is 0 Å². The zero-order valence-electron chi connectivity index (χ0n) is 12.0. The van der Waals surface area contributed by atoms with Gasteiger partial charge in [-0.3, -0.25) is 0 Å². The predicted octanol–water partition coefficient (Wildman–Crippen LogP) is 4.65. The van der Waals surface area contributed by atoms with Crippen LogP contribution in [0.1, 0.15) is 68.2 Å². The molecule has 92 valence electrons. The van der Waals surface area contributed by atoms with Crippen LogP contribution in [0.15, 0.2) is 0 Å². The van der Waals surface area contributed by atoms with Crippen molar-refractivity contribution in [3.8, 4) is 0 Å². The summed E-state index contributed by atoms with van der Waals surface area (Å²) in [6, 6.07) is 0. The highest BCUT2D eigenvalue weighted by Crippen LogP contribution is 2.27. The lowest BCUT2D eigenvalue weighted by molar-refractivity contribution is -0.0860. The van der Waals surface area contributed by atoms with Gasteiger partial charge in [0.2, 0.25) is 0 Å². The van der Waals surface area contributed by atoms with Crippen molar-refractivity contribution in [2.45, 2.75) is 79.9 Å². The highest BCUT2D eigenvalue weighted by Gasteiger charge is 2.25. The number of hydrogen-bond acceptors (Lipinski definition) is 1. The van der Waals surface area contributed by atoms with E-state index in [1.165, 1.54) is 0 Å². The highest BCUT2D eigenvalue weighted by atomic mass is 16.5. The van der Waals surface area contributed by atoms with E-state index in [1.54, 1.807) is 0 Å². The van der Waals surface area contributed by atoms with Crippen LogP contribution in [0.25, 0.3) is 0 Å². The molecule has 0 rings (SSSR count). The summed E-state index contributed by atoms with van der Waals surface area (Å²) in [4.78, 5) is 0. The normalized spacial score (nSPS) is 15.8. The van der Waals surface area contributed by atoms with Gasteiger partial charge >= 0.3 is 0 Å². The molecule has 0 saturated heterocycles. The molecule has 0 fully saturated rings. The summed E-state index contributed by atoms with van der Waals surface area (Å²) in [6.07, 6.45) is 2.59. The van der Waals surface area contributed by atoms with Gasteiger partial charge in [0.15, 0.2) is 0 Å². The molecule has 0 amide bonds. The predicted molar refractivity (Wildman–Crippen MR) is 68.2 cm³/mol.